The number of imidazole rings is 1. The van der Waals surface area contributed by atoms with E-state index in [2.05, 4.69) is 20.1 Å². The van der Waals surface area contributed by atoms with Crippen molar-refractivity contribution in [1.82, 2.24) is 24.6 Å². The maximum Gasteiger partial charge on any atom is 0.142 e. The predicted octanol–water partition coefficient (Wildman–Crippen LogP) is 1.98. The molecule has 0 aliphatic carbocycles. The highest BCUT2D eigenvalue weighted by molar-refractivity contribution is 5.84. The van der Waals surface area contributed by atoms with Crippen LogP contribution in [0.2, 0.25) is 0 Å². The molecule has 1 aromatic carbocycles. The number of phenols is 1. The molecule has 0 bridgehead atoms. The number of H-pyrrole nitrogens is 1. The second-order valence-electron chi connectivity index (χ2n) is 4.25. The summed E-state index contributed by atoms with van der Waals surface area (Å²) >= 11 is 0. The summed E-state index contributed by atoms with van der Waals surface area (Å²) in [5, 5.41) is 13.7. The number of nitrogens with zero attached hydrogens (tertiary/aromatic N) is 4. The van der Waals surface area contributed by atoms with Gasteiger partial charge in [-0.15, -0.1) is 0 Å². The van der Waals surface area contributed by atoms with Gasteiger partial charge in [0.25, 0.3) is 0 Å². The van der Waals surface area contributed by atoms with Gasteiger partial charge in [0.2, 0.25) is 0 Å². The molecule has 3 heterocycles. The second kappa shape index (κ2) is 3.55. The lowest BCUT2D eigenvalue weighted by Gasteiger charge is -1.93. The Morgan fingerprint density at radius 1 is 1.21 bits per heavy atom. The molecule has 0 atom stereocenters. The molecule has 0 saturated carbocycles. The van der Waals surface area contributed by atoms with Crippen molar-refractivity contribution in [2.24, 2.45) is 0 Å². The largest absolute Gasteiger partial charge is 0.508 e. The average molecular weight is 251 g/mol. The van der Waals surface area contributed by atoms with Crippen LogP contribution in [0.4, 0.5) is 0 Å². The van der Waals surface area contributed by atoms with Crippen molar-refractivity contribution in [2.45, 2.75) is 0 Å². The highest BCUT2D eigenvalue weighted by Gasteiger charge is 2.11. The number of hydrogen-bond donors (Lipinski definition) is 2. The van der Waals surface area contributed by atoms with Gasteiger partial charge in [-0.25, -0.2) is 9.50 Å². The summed E-state index contributed by atoms with van der Waals surface area (Å²) in [4.78, 5) is 11.8. The molecule has 0 fully saturated rings. The third-order valence-corrected chi connectivity index (χ3v) is 3.05. The number of phenolic OH excluding ortho intramolecular Hbond substituents is 1. The van der Waals surface area contributed by atoms with E-state index in [4.69, 9.17) is 0 Å². The van der Waals surface area contributed by atoms with E-state index in [0.717, 1.165) is 22.1 Å². The Hall–Kier alpha value is -2.89. The van der Waals surface area contributed by atoms with Crippen molar-refractivity contribution in [3.8, 4) is 17.1 Å². The second-order valence-corrected chi connectivity index (χ2v) is 4.25. The molecular weight excluding hydrogens is 242 g/mol. The quantitative estimate of drug-likeness (QED) is 0.542. The summed E-state index contributed by atoms with van der Waals surface area (Å²) in [7, 11) is 0. The van der Waals surface area contributed by atoms with Gasteiger partial charge >= 0.3 is 0 Å². The fourth-order valence-corrected chi connectivity index (χ4v) is 2.14. The smallest absolute Gasteiger partial charge is 0.142 e. The van der Waals surface area contributed by atoms with Crippen LogP contribution in [-0.4, -0.2) is 29.7 Å². The minimum Gasteiger partial charge on any atom is -0.508 e. The molecule has 0 radical (unpaired) electrons. The summed E-state index contributed by atoms with van der Waals surface area (Å²) in [6, 6.07) is 5.04. The highest BCUT2D eigenvalue weighted by atomic mass is 16.3. The molecule has 4 aromatic rings. The molecule has 6 heteroatoms. The molecule has 92 valence electrons. The van der Waals surface area contributed by atoms with Gasteiger partial charge in [0.1, 0.15) is 11.6 Å². The van der Waals surface area contributed by atoms with E-state index in [0.29, 0.717) is 5.82 Å². The Balaban J connectivity index is 1.99. The van der Waals surface area contributed by atoms with Crippen molar-refractivity contribution < 1.29 is 5.11 Å². The van der Waals surface area contributed by atoms with Crippen molar-refractivity contribution in [3.05, 3.63) is 43.0 Å². The van der Waals surface area contributed by atoms with Crippen molar-refractivity contribution in [3.63, 3.8) is 0 Å². The number of aromatic hydroxyl groups is 1. The standard InChI is InChI=1S/C13H9N5O/c19-8-1-2-10-11(5-8)17-13(16-10)9-6-15-18-4-3-14-7-12(9)18/h1-7,19H,(H,16,17). The minimum atomic E-state index is 0.212. The SMILES string of the molecule is Oc1ccc2nc(-c3cnn4ccncc34)[nH]c2c1. The first-order valence-electron chi connectivity index (χ1n) is 5.78. The van der Waals surface area contributed by atoms with Crippen molar-refractivity contribution in [1.29, 1.82) is 0 Å². The van der Waals surface area contributed by atoms with Gasteiger partial charge in [-0.2, -0.15) is 5.10 Å². The highest BCUT2D eigenvalue weighted by Crippen LogP contribution is 2.25. The third kappa shape index (κ3) is 1.46. The molecule has 6 nitrogen and oxygen atoms in total. The van der Waals surface area contributed by atoms with E-state index >= 15 is 0 Å². The number of rotatable bonds is 1. The zero-order valence-electron chi connectivity index (χ0n) is 9.78. The van der Waals surface area contributed by atoms with E-state index < -0.39 is 0 Å². The van der Waals surface area contributed by atoms with Gasteiger partial charge in [0.15, 0.2) is 0 Å². The molecule has 4 rings (SSSR count). The van der Waals surface area contributed by atoms with E-state index in [1.54, 1.807) is 47.5 Å². The van der Waals surface area contributed by atoms with Crippen LogP contribution in [0.3, 0.4) is 0 Å². The molecule has 0 aliphatic rings. The zero-order chi connectivity index (χ0) is 12.8. The average Bonchev–Trinajstić information content (AvgIpc) is 3.00. The molecule has 0 spiro atoms. The van der Waals surface area contributed by atoms with Gasteiger partial charge in [-0.05, 0) is 12.1 Å². The maximum atomic E-state index is 9.47. The lowest BCUT2D eigenvalue weighted by atomic mass is 10.3. The number of nitrogens with one attached hydrogen (secondary N) is 1. The van der Waals surface area contributed by atoms with E-state index in [9.17, 15) is 5.11 Å². The Morgan fingerprint density at radius 2 is 2.16 bits per heavy atom. The first-order chi connectivity index (χ1) is 9.31. The molecule has 0 saturated heterocycles. The molecule has 2 N–H and O–H groups in total. The summed E-state index contributed by atoms with van der Waals surface area (Å²) in [6.07, 6.45) is 6.95. The van der Waals surface area contributed by atoms with E-state index in [1.807, 2.05) is 0 Å². The van der Waals surface area contributed by atoms with Crippen LogP contribution in [0.5, 0.6) is 5.75 Å². The van der Waals surface area contributed by atoms with Gasteiger partial charge in [-0.1, -0.05) is 0 Å². The van der Waals surface area contributed by atoms with Crippen LogP contribution in [0.1, 0.15) is 0 Å². The summed E-state index contributed by atoms with van der Waals surface area (Å²) < 4.78 is 1.74. The Kier molecular flexibility index (Phi) is 1.88. The van der Waals surface area contributed by atoms with Crippen molar-refractivity contribution in [2.75, 3.05) is 0 Å². The summed E-state index contributed by atoms with van der Waals surface area (Å²) in [5.41, 5.74) is 3.35. The first kappa shape index (κ1) is 10.1. The minimum absolute atomic E-state index is 0.212. The number of fused-ring (bicyclic) bond motifs is 2. The lowest BCUT2D eigenvalue weighted by molar-refractivity contribution is 0.476. The van der Waals surface area contributed by atoms with Crippen LogP contribution in [0.25, 0.3) is 27.9 Å². The normalized spacial score (nSPS) is 11.4. The Bertz CT molecular complexity index is 892. The van der Waals surface area contributed by atoms with Crippen LogP contribution in [-0.2, 0) is 0 Å². The van der Waals surface area contributed by atoms with Gasteiger partial charge in [0.05, 0.1) is 34.5 Å². The molecule has 3 aromatic heterocycles. The predicted molar refractivity (Wildman–Crippen MR) is 69.7 cm³/mol. The fraction of sp³-hybridized carbons (Fsp3) is 0. The van der Waals surface area contributed by atoms with E-state index in [1.165, 1.54) is 0 Å². The van der Waals surface area contributed by atoms with Crippen molar-refractivity contribution >= 4 is 16.6 Å². The number of aromatic nitrogens is 5. The number of hydrogen-bond acceptors (Lipinski definition) is 4. The van der Waals surface area contributed by atoms with Crippen LogP contribution in [0, 0.1) is 0 Å². The number of benzene rings is 1. The van der Waals surface area contributed by atoms with Crippen LogP contribution < -0.4 is 0 Å². The Labute approximate surface area is 107 Å². The molecule has 0 aliphatic heterocycles. The maximum absolute atomic E-state index is 9.47. The molecule has 19 heavy (non-hydrogen) atoms. The van der Waals surface area contributed by atoms with Gasteiger partial charge in [-0.3, -0.25) is 4.98 Å². The van der Waals surface area contributed by atoms with E-state index in [-0.39, 0.29) is 5.75 Å². The topological polar surface area (TPSA) is 79.1 Å². The number of aromatic amines is 1. The summed E-state index contributed by atoms with van der Waals surface area (Å²) in [5.74, 6) is 0.924. The molecule has 0 unspecified atom stereocenters. The van der Waals surface area contributed by atoms with Gasteiger partial charge < -0.3 is 10.1 Å². The van der Waals surface area contributed by atoms with Crippen LogP contribution in [0.15, 0.2) is 43.0 Å². The van der Waals surface area contributed by atoms with Crippen LogP contribution >= 0.6 is 0 Å². The third-order valence-electron chi connectivity index (χ3n) is 3.05. The zero-order valence-corrected chi connectivity index (χ0v) is 9.78. The lowest BCUT2D eigenvalue weighted by Crippen LogP contribution is -1.86. The molecule has 0 amide bonds. The first-order valence-corrected chi connectivity index (χ1v) is 5.78. The Morgan fingerprint density at radius 3 is 3.11 bits per heavy atom. The summed E-state index contributed by atoms with van der Waals surface area (Å²) in [6.45, 7) is 0. The van der Waals surface area contributed by atoms with Gasteiger partial charge in [0, 0.05) is 18.5 Å². The monoisotopic (exact) mass is 251 g/mol. The molecular formula is C13H9N5O. The fourth-order valence-electron chi connectivity index (χ4n) is 2.14.